The van der Waals surface area contributed by atoms with Crippen LogP contribution in [0.5, 0.6) is 0 Å². The molecule has 0 radical (unpaired) electrons. The molecule has 0 saturated carbocycles. The average Bonchev–Trinajstić information content (AvgIpc) is 2.30. The van der Waals surface area contributed by atoms with Crippen LogP contribution < -0.4 is 5.73 Å². The van der Waals surface area contributed by atoms with E-state index in [0.29, 0.717) is 26.4 Å². The normalized spacial score (nSPS) is 12.4. The minimum atomic E-state index is -0.223. The lowest BCUT2D eigenvalue weighted by Gasteiger charge is -2.12. The number of hydrogen-bond donors (Lipinski definition) is 1. The first-order valence-electron chi connectivity index (χ1n) is 5.69. The third kappa shape index (κ3) is 7.62. The molecule has 0 aromatic rings. The lowest BCUT2D eigenvalue weighted by atomic mass is 10.0. The molecular weight excluding hydrogens is 210 g/mol. The second-order valence-corrected chi connectivity index (χ2v) is 3.49. The molecule has 16 heavy (non-hydrogen) atoms. The highest BCUT2D eigenvalue weighted by Crippen LogP contribution is 2.06. The van der Waals surface area contributed by atoms with Gasteiger partial charge in [-0.05, 0) is 6.42 Å². The molecule has 1 unspecified atom stereocenters. The van der Waals surface area contributed by atoms with Crippen LogP contribution in [0.1, 0.15) is 19.8 Å². The molecule has 0 aliphatic rings. The Morgan fingerprint density at radius 3 is 2.50 bits per heavy atom. The van der Waals surface area contributed by atoms with Crippen LogP contribution in [0, 0.1) is 5.92 Å². The van der Waals surface area contributed by atoms with E-state index in [1.54, 1.807) is 7.11 Å². The molecule has 5 nitrogen and oxygen atoms in total. The van der Waals surface area contributed by atoms with Crippen LogP contribution in [0.3, 0.4) is 0 Å². The minimum Gasteiger partial charge on any atom is -0.463 e. The molecule has 0 aromatic carbocycles. The van der Waals surface area contributed by atoms with E-state index in [-0.39, 0.29) is 18.5 Å². The molecule has 0 fully saturated rings. The number of esters is 1. The quantitative estimate of drug-likeness (QED) is 0.441. The van der Waals surface area contributed by atoms with Crippen LogP contribution in [0.4, 0.5) is 0 Å². The highest BCUT2D eigenvalue weighted by Gasteiger charge is 2.16. The van der Waals surface area contributed by atoms with Gasteiger partial charge in [-0.15, -0.1) is 0 Å². The molecule has 0 aromatic heterocycles. The number of carbonyl (C=O) groups is 1. The Kier molecular flexibility index (Phi) is 10.4. The van der Waals surface area contributed by atoms with E-state index < -0.39 is 0 Å². The lowest BCUT2D eigenvalue weighted by molar-refractivity contribution is -0.150. The lowest BCUT2D eigenvalue weighted by Crippen LogP contribution is -2.26. The Morgan fingerprint density at radius 2 is 1.94 bits per heavy atom. The SMILES string of the molecule is CCCC(CN)C(=O)OCCOCCOC. The summed E-state index contributed by atoms with van der Waals surface area (Å²) in [5.41, 5.74) is 5.48. The van der Waals surface area contributed by atoms with Crippen molar-refractivity contribution in [1.29, 1.82) is 0 Å². The summed E-state index contributed by atoms with van der Waals surface area (Å²) in [7, 11) is 1.61. The Hall–Kier alpha value is -0.650. The molecule has 0 rings (SSSR count). The summed E-state index contributed by atoms with van der Waals surface area (Å²) < 4.78 is 15.0. The summed E-state index contributed by atoms with van der Waals surface area (Å²) in [6.45, 7) is 4.11. The van der Waals surface area contributed by atoms with Gasteiger partial charge in [0.2, 0.25) is 0 Å². The topological polar surface area (TPSA) is 70.8 Å². The summed E-state index contributed by atoms with van der Waals surface area (Å²) in [6.07, 6.45) is 1.71. The van der Waals surface area contributed by atoms with Gasteiger partial charge in [-0.25, -0.2) is 0 Å². The van der Waals surface area contributed by atoms with E-state index in [1.807, 2.05) is 6.92 Å². The van der Waals surface area contributed by atoms with E-state index >= 15 is 0 Å². The van der Waals surface area contributed by atoms with Gasteiger partial charge in [0.1, 0.15) is 6.61 Å². The summed E-state index contributed by atoms with van der Waals surface area (Å²) in [4.78, 5) is 11.5. The van der Waals surface area contributed by atoms with E-state index in [2.05, 4.69) is 0 Å². The summed E-state index contributed by atoms with van der Waals surface area (Å²) in [5, 5.41) is 0. The number of carbonyl (C=O) groups excluding carboxylic acids is 1. The standard InChI is InChI=1S/C11H23NO4/c1-3-4-10(9-12)11(13)16-8-7-15-6-5-14-2/h10H,3-9,12H2,1-2H3. The van der Waals surface area contributed by atoms with Crippen molar-refractivity contribution in [3.8, 4) is 0 Å². The minimum absolute atomic E-state index is 0.177. The Labute approximate surface area is 97.2 Å². The smallest absolute Gasteiger partial charge is 0.310 e. The predicted octanol–water partition coefficient (Wildman–Crippen LogP) is 0.568. The van der Waals surface area contributed by atoms with Gasteiger partial charge in [-0.3, -0.25) is 4.79 Å². The van der Waals surface area contributed by atoms with Crippen molar-refractivity contribution < 1.29 is 19.0 Å². The Morgan fingerprint density at radius 1 is 1.25 bits per heavy atom. The van der Waals surface area contributed by atoms with Gasteiger partial charge >= 0.3 is 5.97 Å². The maximum atomic E-state index is 11.5. The molecule has 5 heteroatoms. The summed E-state index contributed by atoms with van der Waals surface area (Å²) in [6, 6.07) is 0. The Balaban J connectivity index is 3.47. The fraction of sp³-hybridized carbons (Fsp3) is 0.909. The van der Waals surface area contributed by atoms with Gasteiger partial charge < -0.3 is 19.9 Å². The molecule has 0 heterocycles. The second-order valence-electron chi connectivity index (χ2n) is 3.49. The van der Waals surface area contributed by atoms with Crippen LogP contribution in [-0.4, -0.2) is 46.1 Å². The first-order chi connectivity index (χ1) is 7.76. The third-order valence-corrected chi connectivity index (χ3v) is 2.16. The molecule has 0 aliphatic heterocycles. The van der Waals surface area contributed by atoms with Crippen molar-refractivity contribution in [3.63, 3.8) is 0 Å². The number of ether oxygens (including phenoxy) is 3. The van der Waals surface area contributed by atoms with Gasteiger partial charge in [-0.1, -0.05) is 13.3 Å². The monoisotopic (exact) mass is 233 g/mol. The van der Waals surface area contributed by atoms with Gasteiger partial charge in [0, 0.05) is 13.7 Å². The van der Waals surface area contributed by atoms with E-state index in [1.165, 1.54) is 0 Å². The zero-order valence-electron chi connectivity index (χ0n) is 10.2. The van der Waals surface area contributed by atoms with Crippen molar-refractivity contribution in [3.05, 3.63) is 0 Å². The van der Waals surface area contributed by atoms with E-state index in [9.17, 15) is 4.79 Å². The van der Waals surface area contributed by atoms with Crippen LogP contribution >= 0.6 is 0 Å². The van der Waals surface area contributed by atoms with Crippen LogP contribution in [0.15, 0.2) is 0 Å². The van der Waals surface area contributed by atoms with Gasteiger partial charge in [0.25, 0.3) is 0 Å². The fourth-order valence-corrected chi connectivity index (χ4v) is 1.24. The van der Waals surface area contributed by atoms with Crippen molar-refractivity contribution in [1.82, 2.24) is 0 Å². The van der Waals surface area contributed by atoms with Crippen LogP contribution in [0.2, 0.25) is 0 Å². The number of methoxy groups -OCH3 is 1. The Bertz CT molecular complexity index is 175. The van der Waals surface area contributed by atoms with Crippen molar-refractivity contribution in [2.24, 2.45) is 11.7 Å². The van der Waals surface area contributed by atoms with Crippen molar-refractivity contribution >= 4 is 5.97 Å². The average molecular weight is 233 g/mol. The largest absolute Gasteiger partial charge is 0.463 e. The number of hydrogen-bond acceptors (Lipinski definition) is 5. The zero-order chi connectivity index (χ0) is 12.2. The van der Waals surface area contributed by atoms with Gasteiger partial charge in [0.15, 0.2) is 0 Å². The molecule has 96 valence electrons. The maximum Gasteiger partial charge on any atom is 0.310 e. The van der Waals surface area contributed by atoms with Crippen molar-refractivity contribution in [2.45, 2.75) is 19.8 Å². The fourth-order valence-electron chi connectivity index (χ4n) is 1.24. The summed E-state index contributed by atoms with van der Waals surface area (Å²) >= 11 is 0. The highest BCUT2D eigenvalue weighted by molar-refractivity contribution is 5.72. The molecule has 1 atom stereocenters. The first-order valence-corrected chi connectivity index (χ1v) is 5.69. The van der Waals surface area contributed by atoms with Crippen LogP contribution in [0.25, 0.3) is 0 Å². The molecule has 0 spiro atoms. The molecule has 0 amide bonds. The number of nitrogens with two attached hydrogens (primary N) is 1. The molecule has 2 N–H and O–H groups in total. The molecular formula is C11H23NO4. The van der Waals surface area contributed by atoms with Gasteiger partial charge in [0.05, 0.1) is 25.7 Å². The predicted molar refractivity (Wildman–Crippen MR) is 61.1 cm³/mol. The first kappa shape index (κ1) is 15.3. The van der Waals surface area contributed by atoms with E-state index in [4.69, 9.17) is 19.9 Å². The second kappa shape index (κ2) is 10.9. The maximum absolute atomic E-state index is 11.5. The molecule has 0 aliphatic carbocycles. The number of rotatable bonds is 10. The van der Waals surface area contributed by atoms with Gasteiger partial charge in [-0.2, -0.15) is 0 Å². The van der Waals surface area contributed by atoms with E-state index in [0.717, 1.165) is 12.8 Å². The van der Waals surface area contributed by atoms with Crippen molar-refractivity contribution in [2.75, 3.05) is 40.1 Å². The zero-order valence-corrected chi connectivity index (χ0v) is 10.2. The summed E-state index contributed by atoms with van der Waals surface area (Å²) in [5.74, 6) is -0.399. The van der Waals surface area contributed by atoms with Crippen LogP contribution in [-0.2, 0) is 19.0 Å². The molecule has 0 bridgehead atoms. The highest BCUT2D eigenvalue weighted by atomic mass is 16.6. The molecule has 0 saturated heterocycles. The third-order valence-electron chi connectivity index (χ3n) is 2.16.